The van der Waals surface area contributed by atoms with Gasteiger partial charge in [0.1, 0.15) is 0 Å². The van der Waals surface area contributed by atoms with E-state index in [-0.39, 0.29) is 0 Å². The van der Waals surface area contributed by atoms with Gasteiger partial charge < -0.3 is 5.11 Å². The van der Waals surface area contributed by atoms with E-state index >= 15 is 0 Å². The lowest BCUT2D eigenvalue weighted by Crippen LogP contribution is -2.29. The minimum atomic E-state index is -0.872. The molecule has 3 nitrogen and oxygen atoms in total. The van der Waals surface area contributed by atoms with Crippen LogP contribution in [0.25, 0.3) is 0 Å². The summed E-state index contributed by atoms with van der Waals surface area (Å²) in [5.41, 5.74) is 1.40. The van der Waals surface area contributed by atoms with Gasteiger partial charge in [-0.2, -0.15) is 0 Å². The van der Waals surface area contributed by atoms with E-state index in [1.165, 1.54) is 16.5 Å². The third-order valence-corrected chi connectivity index (χ3v) is 3.53. The first-order chi connectivity index (χ1) is 7.25. The van der Waals surface area contributed by atoms with Crippen LogP contribution >= 0.6 is 11.3 Å². The van der Waals surface area contributed by atoms with E-state index < -0.39 is 5.97 Å². The molecule has 80 valence electrons. The smallest absolute Gasteiger partial charge is 0.328 e. The normalized spacial score (nSPS) is 16.8. The van der Waals surface area contributed by atoms with Gasteiger partial charge in [0.2, 0.25) is 0 Å². The summed E-state index contributed by atoms with van der Waals surface area (Å²) in [6.07, 6.45) is 4.01. The Morgan fingerprint density at radius 2 is 2.53 bits per heavy atom. The largest absolute Gasteiger partial charge is 0.478 e. The molecule has 0 atom stereocenters. The van der Waals surface area contributed by atoms with Crippen molar-refractivity contribution >= 4 is 17.3 Å². The third-order valence-electron chi connectivity index (χ3n) is 2.51. The number of carboxylic acid groups (broad SMARTS) is 1. The van der Waals surface area contributed by atoms with Crippen LogP contribution in [0.1, 0.15) is 10.4 Å². The lowest BCUT2D eigenvalue weighted by molar-refractivity contribution is -0.131. The van der Waals surface area contributed by atoms with E-state index in [1.54, 1.807) is 6.08 Å². The molecule has 0 aromatic carbocycles. The molecule has 0 fully saturated rings. The topological polar surface area (TPSA) is 40.5 Å². The van der Waals surface area contributed by atoms with E-state index in [9.17, 15) is 4.79 Å². The fraction of sp³-hybridized carbons (Fsp3) is 0.364. The van der Waals surface area contributed by atoms with Crippen LogP contribution in [0, 0.1) is 0 Å². The zero-order valence-corrected chi connectivity index (χ0v) is 9.17. The second-order valence-electron chi connectivity index (χ2n) is 3.59. The molecular formula is C11H13NO2S. The lowest BCUT2D eigenvalue weighted by atomic mass is 10.1. The highest BCUT2D eigenvalue weighted by Gasteiger charge is 2.15. The van der Waals surface area contributed by atoms with Gasteiger partial charge in [-0.1, -0.05) is 6.08 Å². The number of fused-ring (bicyclic) bond motifs is 1. The Morgan fingerprint density at radius 1 is 1.67 bits per heavy atom. The molecule has 1 aromatic heterocycles. The van der Waals surface area contributed by atoms with Crippen LogP contribution in [0.2, 0.25) is 0 Å². The maximum absolute atomic E-state index is 10.3. The maximum Gasteiger partial charge on any atom is 0.328 e. The summed E-state index contributed by atoms with van der Waals surface area (Å²) in [5.74, 6) is -0.872. The molecule has 1 N–H and O–H groups in total. The molecule has 1 aliphatic rings. The predicted octanol–water partition coefficient (Wildman–Crippen LogP) is 1.75. The molecule has 0 spiro atoms. The Morgan fingerprint density at radius 3 is 3.33 bits per heavy atom. The minimum Gasteiger partial charge on any atom is -0.478 e. The van der Waals surface area contributed by atoms with E-state index in [2.05, 4.69) is 16.3 Å². The molecule has 1 aliphatic heterocycles. The van der Waals surface area contributed by atoms with Crippen molar-refractivity contribution in [2.45, 2.75) is 13.0 Å². The van der Waals surface area contributed by atoms with Crippen molar-refractivity contribution in [1.82, 2.24) is 4.90 Å². The molecule has 1 aromatic rings. The molecule has 4 heteroatoms. The number of aliphatic carboxylic acids is 1. The summed E-state index contributed by atoms with van der Waals surface area (Å²) < 4.78 is 0. The molecule has 0 aliphatic carbocycles. The van der Waals surface area contributed by atoms with Crippen molar-refractivity contribution < 1.29 is 9.90 Å². The van der Waals surface area contributed by atoms with Gasteiger partial charge in [0, 0.05) is 30.6 Å². The Labute approximate surface area is 92.6 Å². The predicted molar refractivity (Wildman–Crippen MR) is 60.1 cm³/mol. The maximum atomic E-state index is 10.3. The lowest BCUT2D eigenvalue weighted by Gasteiger charge is -2.25. The molecule has 15 heavy (non-hydrogen) atoms. The first kappa shape index (κ1) is 10.4. The molecular weight excluding hydrogens is 210 g/mol. The molecule has 2 heterocycles. The fourth-order valence-electron chi connectivity index (χ4n) is 1.77. The molecule has 0 radical (unpaired) electrons. The zero-order valence-electron chi connectivity index (χ0n) is 8.35. The standard InChI is InChI=1S/C11H13NO2S/c13-11(14)2-1-5-12-6-3-10-9(8-12)4-7-15-10/h1-2,4,7H,3,5-6,8H2,(H,13,14). The third kappa shape index (κ3) is 2.67. The molecule has 0 unspecified atom stereocenters. The minimum absolute atomic E-state index is 0.724. The van der Waals surface area contributed by atoms with Gasteiger partial charge in [-0.25, -0.2) is 4.79 Å². The number of nitrogens with zero attached hydrogens (tertiary/aromatic N) is 1. The summed E-state index contributed by atoms with van der Waals surface area (Å²) in [5, 5.41) is 10.6. The van der Waals surface area contributed by atoms with Crippen molar-refractivity contribution in [2.24, 2.45) is 0 Å². The number of thiophene rings is 1. The molecule has 0 amide bonds. The summed E-state index contributed by atoms with van der Waals surface area (Å²) >= 11 is 1.82. The highest BCUT2D eigenvalue weighted by Crippen LogP contribution is 2.23. The van der Waals surface area contributed by atoms with E-state index in [4.69, 9.17) is 5.11 Å². The van der Waals surface area contributed by atoms with Crippen molar-refractivity contribution in [1.29, 1.82) is 0 Å². The van der Waals surface area contributed by atoms with E-state index in [0.717, 1.165) is 26.1 Å². The second-order valence-corrected chi connectivity index (χ2v) is 4.60. The highest BCUT2D eigenvalue weighted by atomic mass is 32.1. The van der Waals surface area contributed by atoms with Gasteiger partial charge in [0.15, 0.2) is 0 Å². The van der Waals surface area contributed by atoms with Crippen LogP contribution < -0.4 is 0 Å². The molecule has 2 rings (SSSR count). The SMILES string of the molecule is O=C(O)C=CCN1CCc2sccc2C1. The quantitative estimate of drug-likeness (QED) is 0.794. The van der Waals surface area contributed by atoms with Crippen molar-refractivity contribution in [3.8, 4) is 0 Å². The second kappa shape index (κ2) is 4.59. The van der Waals surface area contributed by atoms with Crippen LogP contribution in [0.15, 0.2) is 23.6 Å². The van der Waals surface area contributed by atoms with Gasteiger partial charge in [0.05, 0.1) is 0 Å². The Hall–Kier alpha value is -1.13. The van der Waals surface area contributed by atoms with Crippen molar-refractivity contribution in [3.05, 3.63) is 34.0 Å². The molecule has 0 saturated carbocycles. The summed E-state index contributed by atoms with van der Waals surface area (Å²) in [6, 6.07) is 2.16. The van der Waals surface area contributed by atoms with Crippen molar-refractivity contribution in [2.75, 3.05) is 13.1 Å². The van der Waals surface area contributed by atoms with E-state index in [1.807, 2.05) is 11.3 Å². The van der Waals surface area contributed by atoms with Gasteiger partial charge in [-0.15, -0.1) is 11.3 Å². The molecule has 0 bridgehead atoms. The first-order valence-corrected chi connectivity index (χ1v) is 5.81. The Kier molecular flexibility index (Phi) is 3.18. The Balaban J connectivity index is 1.90. The van der Waals surface area contributed by atoms with E-state index in [0.29, 0.717) is 0 Å². The van der Waals surface area contributed by atoms with Crippen LogP contribution in [0.4, 0.5) is 0 Å². The number of hydrogen-bond donors (Lipinski definition) is 1. The van der Waals surface area contributed by atoms with Gasteiger partial charge in [0.25, 0.3) is 0 Å². The van der Waals surface area contributed by atoms with Crippen LogP contribution in [0.5, 0.6) is 0 Å². The molecule has 0 saturated heterocycles. The van der Waals surface area contributed by atoms with Gasteiger partial charge in [-0.3, -0.25) is 4.90 Å². The van der Waals surface area contributed by atoms with Crippen LogP contribution in [-0.2, 0) is 17.8 Å². The summed E-state index contributed by atoms with van der Waals surface area (Å²) in [4.78, 5) is 14.0. The van der Waals surface area contributed by atoms with Crippen LogP contribution in [0.3, 0.4) is 0 Å². The number of carbonyl (C=O) groups is 1. The first-order valence-electron chi connectivity index (χ1n) is 4.93. The van der Waals surface area contributed by atoms with Crippen molar-refractivity contribution in [3.63, 3.8) is 0 Å². The number of carboxylic acids is 1. The average Bonchev–Trinajstić information content (AvgIpc) is 2.64. The highest BCUT2D eigenvalue weighted by molar-refractivity contribution is 7.10. The Bertz CT molecular complexity index is 384. The van der Waals surface area contributed by atoms with Crippen LogP contribution in [-0.4, -0.2) is 29.1 Å². The zero-order chi connectivity index (χ0) is 10.7. The fourth-order valence-corrected chi connectivity index (χ4v) is 2.66. The van der Waals surface area contributed by atoms with Gasteiger partial charge in [-0.05, 0) is 23.4 Å². The summed E-state index contributed by atoms with van der Waals surface area (Å²) in [7, 11) is 0. The number of rotatable bonds is 3. The number of hydrogen-bond acceptors (Lipinski definition) is 3. The monoisotopic (exact) mass is 223 g/mol. The summed E-state index contributed by atoms with van der Waals surface area (Å²) in [6.45, 7) is 2.70. The average molecular weight is 223 g/mol. The van der Waals surface area contributed by atoms with Gasteiger partial charge >= 0.3 is 5.97 Å².